The molecule has 0 radical (unpaired) electrons. The minimum atomic E-state index is -0.242. The number of ether oxygens (including phenoxy) is 2. The summed E-state index contributed by atoms with van der Waals surface area (Å²) in [7, 11) is 0. The molecule has 1 fully saturated rings. The Morgan fingerprint density at radius 3 is 3.26 bits per heavy atom. The second-order valence-electron chi connectivity index (χ2n) is 5.32. The SMILES string of the molecule is O=C(N[C@H]1COC[C@H]1Oc1cn[nH]c1)c1ccc2nccn2c1. The maximum absolute atomic E-state index is 12.4. The summed E-state index contributed by atoms with van der Waals surface area (Å²) in [5, 5.41) is 9.48. The predicted molar refractivity (Wildman–Crippen MR) is 80.3 cm³/mol. The lowest BCUT2D eigenvalue weighted by Gasteiger charge is -2.19. The normalized spacial score (nSPS) is 20.7. The zero-order valence-electron chi connectivity index (χ0n) is 12.2. The fourth-order valence-corrected chi connectivity index (χ4v) is 2.57. The second kappa shape index (κ2) is 5.73. The summed E-state index contributed by atoms with van der Waals surface area (Å²) >= 11 is 0. The van der Waals surface area contributed by atoms with E-state index in [-0.39, 0.29) is 18.1 Å². The zero-order valence-corrected chi connectivity index (χ0v) is 12.2. The first kappa shape index (κ1) is 13.8. The van der Waals surface area contributed by atoms with Gasteiger partial charge in [0.15, 0.2) is 5.75 Å². The molecule has 118 valence electrons. The van der Waals surface area contributed by atoms with Crippen molar-refractivity contribution >= 4 is 11.6 Å². The molecule has 2 atom stereocenters. The number of carbonyl (C=O) groups excluding carboxylic acids is 1. The van der Waals surface area contributed by atoms with Crippen LogP contribution in [0.2, 0.25) is 0 Å². The van der Waals surface area contributed by atoms with Crippen LogP contribution in [0.3, 0.4) is 0 Å². The Bertz CT molecular complexity index is 814. The summed E-state index contributed by atoms with van der Waals surface area (Å²) < 4.78 is 13.0. The van der Waals surface area contributed by atoms with Gasteiger partial charge < -0.3 is 19.2 Å². The third-order valence-electron chi connectivity index (χ3n) is 3.76. The summed E-state index contributed by atoms with van der Waals surface area (Å²) in [4.78, 5) is 16.6. The molecule has 8 heteroatoms. The molecule has 1 amide bonds. The molecule has 0 spiro atoms. The summed E-state index contributed by atoms with van der Waals surface area (Å²) in [5.41, 5.74) is 1.36. The monoisotopic (exact) mass is 313 g/mol. The molecule has 3 aromatic rings. The van der Waals surface area contributed by atoms with E-state index in [4.69, 9.17) is 9.47 Å². The number of imidazole rings is 1. The largest absolute Gasteiger partial charge is 0.482 e. The van der Waals surface area contributed by atoms with E-state index in [1.54, 1.807) is 47.5 Å². The van der Waals surface area contributed by atoms with Crippen LogP contribution in [0.15, 0.2) is 43.1 Å². The number of fused-ring (bicyclic) bond motifs is 1. The Hall–Kier alpha value is -2.87. The van der Waals surface area contributed by atoms with E-state index in [0.29, 0.717) is 24.5 Å². The Morgan fingerprint density at radius 1 is 1.43 bits per heavy atom. The second-order valence-corrected chi connectivity index (χ2v) is 5.32. The van der Waals surface area contributed by atoms with E-state index in [9.17, 15) is 4.79 Å². The van der Waals surface area contributed by atoms with Crippen LogP contribution in [0.25, 0.3) is 5.65 Å². The minimum absolute atomic E-state index is 0.170. The first-order valence-corrected chi connectivity index (χ1v) is 7.26. The first-order valence-electron chi connectivity index (χ1n) is 7.26. The van der Waals surface area contributed by atoms with E-state index in [2.05, 4.69) is 20.5 Å². The number of aromatic nitrogens is 4. The Balaban J connectivity index is 1.46. The quantitative estimate of drug-likeness (QED) is 0.737. The van der Waals surface area contributed by atoms with Crippen molar-refractivity contribution in [3.63, 3.8) is 0 Å². The van der Waals surface area contributed by atoms with Crippen LogP contribution in [0.1, 0.15) is 10.4 Å². The summed E-state index contributed by atoms with van der Waals surface area (Å²) in [6, 6.07) is 3.34. The molecule has 23 heavy (non-hydrogen) atoms. The standard InChI is InChI=1S/C15H15N5O3/c21-15(10-1-2-14-16-3-4-20(14)7-10)19-12-8-22-9-13(12)23-11-5-17-18-6-11/h1-7,12-13H,8-9H2,(H,17,18)(H,19,21)/t12-,13+/m0/s1. The Kier molecular flexibility index (Phi) is 3.43. The molecule has 0 saturated carbocycles. The number of hydrogen-bond acceptors (Lipinski definition) is 5. The van der Waals surface area contributed by atoms with Crippen molar-refractivity contribution in [2.24, 2.45) is 0 Å². The zero-order chi connectivity index (χ0) is 15.6. The average molecular weight is 313 g/mol. The van der Waals surface area contributed by atoms with Crippen LogP contribution in [0, 0.1) is 0 Å². The number of carbonyl (C=O) groups is 1. The van der Waals surface area contributed by atoms with Gasteiger partial charge in [-0.15, -0.1) is 0 Å². The topological polar surface area (TPSA) is 93.5 Å². The lowest BCUT2D eigenvalue weighted by Crippen LogP contribution is -2.45. The Labute approximate surface area is 131 Å². The molecular weight excluding hydrogens is 298 g/mol. The van der Waals surface area contributed by atoms with Crippen LogP contribution >= 0.6 is 0 Å². The third kappa shape index (κ3) is 2.76. The number of amides is 1. The average Bonchev–Trinajstić information content (AvgIpc) is 3.29. The highest BCUT2D eigenvalue weighted by molar-refractivity contribution is 5.94. The highest BCUT2D eigenvalue weighted by atomic mass is 16.5. The third-order valence-corrected chi connectivity index (χ3v) is 3.76. The van der Waals surface area contributed by atoms with Gasteiger partial charge in [0.05, 0.1) is 37.2 Å². The van der Waals surface area contributed by atoms with E-state index < -0.39 is 0 Å². The highest BCUT2D eigenvalue weighted by Gasteiger charge is 2.32. The number of nitrogens with one attached hydrogen (secondary N) is 2. The predicted octanol–water partition coefficient (Wildman–Crippen LogP) is 0.634. The maximum atomic E-state index is 12.4. The Morgan fingerprint density at radius 2 is 2.39 bits per heavy atom. The van der Waals surface area contributed by atoms with Gasteiger partial charge in [-0.3, -0.25) is 9.89 Å². The van der Waals surface area contributed by atoms with Gasteiger partial charge in [-0.1, -0.05) is 0 Å². The van der Waals surface area contributed by atoms with Gasteiger partial charge in [-0.25, -0.2) is 4.98 Å². The van der Waals surface area contributed by atoms with Crippen molar-refractivity contribution < 1.29 is 14.3 Å². The lowest BCUT2D eigenvalue weighted by molar-refractivity contribution is 0.0903. The number of hydrogen-bond donors (Lipinski definition) is 2. The van der Waals surface area contributed by atoms with Crippen molar-refractivity contribution in [2.45, 2.75) is 12.1 Å². The number of rotatable bonds is 4. The van der Waals surface area contributed by atoms with Crippen LogP contribution in [0.5, 0.6) is 5.75 Å². The van der Waals surface area contributed by atoms with E-state index in [1.165, 1.54) is 0 Å². The fraction of sp³-hybridized carbons (Fsp3) is 0.267. The van der Waals surface area contributed by atoms with Crippen LogP contribution in [0.4, 0.5) is 0 Å². The molecule has 1 aliphatic heterocycles. The van der Waals surface area contributed by atoms with Gasteiger partial charge >= 0.3 is 0 Å². The van der Waals surface area contributed by atoms with Crippen molar-refractivity contribution in [1.82, 2.24) is 24.9 Å². The first-order chi connectivity index (χ1) is 11.3. The molecule has 3 aromatic heterocycles. The summed E-state index contributed by atoms with van der Waals surface area (Å²) in [6.45, 7) is 0.845. The molecule has 0 aromatic carbocycles. The van der Waals surface area contributed by atoms with Gasteiger partial charge in [0.25, 0.3) is 5.91 Å². The van der Waals surface area contributed by atoms with Crippen LogP contribution in [-0.4, -0.2) is 50.8 Å². The maximum Gasteiger partial charge on any atom is 0.253 e. The van der Waals surface area contributed by atoms with Gasteiger partial charge in [-0.05, 0) is 12.1 Å². The molecule has 1 saturated heterocycles. The van der Waals surface area contributed by atoms with Gasteiger partial charge in [-0.2, -0.15) is 5.10 Å². The van der Waals surface area contributed by atoms with Crippen molar-refractivity contribution in [2.75, 3.05) is 13.2 Å². The molecule has 8 nitrogen and oxygen atoms in total. The van der Waals surface area contributed by atoms with Gasteiger partial charge in [0.2, 0.25) is 0 Å². The summed E-state index contributed by atoms with van der Waals surface area (Å²) in [5.74, 6) is 0.455. The van der Waals surface area contributed by atoms with Gasteiger partial charge in [0.1, 0.15) is 11.8 Å². The van der Waals surface area contributed by atoms with Crippen LogP contribution in [-0.2, 0) is 4.74 Å². The lowest BCUT2D eigenvalue weighted by atomic mass is 10.2. The van der Waals surface area contributed by atoms with E-state index >= 15 is 0 Å². The highest BCUT2D eigenvalue weighted by Crippen LogP contribution is 2.16. The molecule has 0 unspecified atom stereocenters. The van der Waals surface area contributed by atoms with Crippen LogP contribution < -0.4 is 10.1 Å². The number of aromatic amines is 1. The molecule has 2 N–H and O–H groups in total. The molecule has 4 heterocycles. The molecule has 1 aliphatic rings. The van der Waals surface area contributed by atoms with E-state index in [1.807, 2.05) is 0 Å². The molecule has 4 rings (SSSR count). The van der Waals surface area contributed by atoms with Crippen molar-refractivity contribution in [3.05, 3.63) is 48.7 Å². The smallest absolute Gasteiger partial charge is 0.253 e. The molecule has 0 bridgehead atoms. The van der Waals surface area contributed by atoms with E-state index in [0.717, 1.165) is 5.65 Å². The minimum Gasteiger partial charge on any atom is -0.482 e. The van der Waals surface area contributed by atoms with Crippen molar-refractivity contribution in [3.8, 4) is 5.75 Å². The fourth-order valence-electron chi connectivity index (χ4n) is 2.57. The van der Waals surface area contributed by atoms with Crippen molar-refractivity contribution in [1.29, 1.82) is 0 Å². The van der Waals surface area contributed by atoms with Gasteiger partial charge in [0, 0.05) is 18.6 Å². The number of H-pyrrole nitrogens is 1. The number of pyridine rings is 1. The molecule has 0 aliphatic carbocycles. The number of nitrogens with zero attached hydrogens (tertiary/aromatic N) is 3. The summed E-state index contributed by atoms with van der Waals surface area (Å²) in [6.07, 6.45) is 8.24. The molecular formula is C15H15N5O3.